The summed E-state index contributed by atoms with van der Waals surface area (Å²) in [5.41, 5.74) is 1.57. The molecular weight excluding hydrogens is 466 g/mol. The van der Waals surface area contributed by atoms with E-state index in [0.29, 0.717) is 58.7 Å². The van der Waals surface area contributed by atoms with Crippen molar-refractivity contribution in [3.8, 4) is 0 Å². The van der Waals surface area contributed by atoms with E-state index in [0.717, 1.165) is 29.4 Å². The Bertz CT molecular complexity index is 1230. The van der Waals surface area contributed by atoms with Crippen LogP contribution < -0.4 is 4.90 Å². The number of morpholine rings is 1. The van der Waals surface area contributed by atoms with Gasteiger partial charge in [-0.05, 0) is 50.8 Å². The van der Waals surface area contributed by atoms with Gasteiger partial charge in [0.05, 0.1) is 17.7 Å². The fraction of sp³-hybridized carbons (Fsp3) is 0.600. The number of aromatic nitrogens is 1. The van der Waals surface area contributed by atoms with Crippen molar-refractivity contribution in [1.82, 2.24) is 18.5 Å². The van der Waals surface area contributed by atoms with E-state index in [2.05, 4.69) is 35.0 Å². The van der Waals surface area contributed by atoms with Gasteiger partial charge in [0.25, 0.3) is 10.2 Å². The molecular formula is C25H33N5O4S. The van der Waals surface area contributed by atoms with Crippen molar-refractivity contribution in [1.29, 1.82) is 0 Å². The summed E-state index contributed by atoms with van der Waals surface area (Å²) in [6, 6.07) is 10.2. The minimum absolute atomic E-state index is 0.0299. The van der Waals surface area contributed by atoms with Gasteiger partial charge in [-0.3, -0.25) is 9.78 Å². The highest BCUT2D eigenvalue weighted by atomic mass is 32.2. The molecule has 2 aromatic rings. The van der Waals surface area contributed by atoms with Crippen LogP contribution >= 0.6 is 0 Å². The molecule has 0 bridgehead atoms. The molecule has 0 unspecified atom stereocenters. The summed E-state index contributed by atoms with van der Waals surface area (Å²) in [6.07, 6.45) is 5.11. The largest absolute Gasteiger partial charge is 0.369 e. The van der Waals surface area contributed by atoms with E-state index in [1.807, 2.05) is 17.0 Å². The molecule has 1 aromatic heterocycles. The van der Waals surface area contributed by atoms with Gasteiger partial charge in [0, 0.05) is 62.1 Å². The maximum atomic E-state index is 13.4. The first-order valence-electron chi connectivity index (χ1n) is 12.6. The zero-order valence-electron chi connectivity index (χ0n) is 20.2. The number of piperidine rings is 1. The lowest BCUT2D eigenvalue weighted by atomic mass is 9.89. The zero-order valence-corrected chi connectivity index (χ0v) is 21.0. The van der Waals surface area contributed by atoms with E-state index in [4.69, 9.17) is 4.74 Å². The van der Waals surface area contributed by atoms with E-state index in [1.165, 1.54) is 0 Å². The van der Waals surface area contributed by atoms with Crippen molar-refractivity contribution in [2.45, 2.75) is 43.7 Å². The van der Waals surface area contributed by atoms with E-state index >= 15 is 0 Å². The number of pyridine rings is 1. The molecule has 3 saturated heterocycles. The van der Waals surface area contributed by atoms with Crippen molar-refractivity contribution in [3.63, 3.8) is 0 Å². The van der Waals surface area contributed by atoms with Gasteiger partial charge in [-0.25, -0.2) is 0 Å². The summed E-state index contributed by atoms with van der Waals surface area (Å²) in [7, 11) is -3.53. The molecule has 3 aliphatic heterocycles. The molecule has 1 amide bonds. The van der Waals surface area contributed by atoms with Gasteiger partial charge < -0.3 is 14.5 Å². The second-order valence-electron chi connectivity index (χ2n) is 10.6. The molecule has 1 spiro atoms. The summed E-state index contributed by atoms with van der Waals surface area (Å²) in [6.45, 7) is 5.89. The molecule has 1 saturated carbocycles. The summed E-state index contributed by atoms with van der Waals surface area (Å²) in [5.74, 6) is 0.0609. The first-order valence-corrected chi connectivity index (χ1v) is 14.0. The van der Waals surface area contributed by atoms with Gasteiger partial charge >= 0.3 is 0 Å². The molecule has 6 rings (SSSR count). The highest BCUT2D eigenvalue weighted by molar-refractivity contribution is 7.86. The number of hydrogen-bond donors (Lipinski definition) is 0. The Kier molecular flexibility index (Phi) is 5.55. The van der Waals surface area contributed by atoms with E-state index < -0.39 is 15.8 Å². The molecule has 9 nitrogen and oxygen atoms in total. The minimum Gasteiger partial charge on any atom is -0.369 e. The Morgan fingerprint density at radius 2 is 1.66 bits per heavy atom. The number of piperazine rings is 1. The highest BCUT2D eigenvalue weighted by Crippen LogP contribution is 2.45. The zero-order chi connectivity index (χ0) is 24.3. The highest BCUT2D eigenvalue weighted by Gasteiger charge is 2.53. The van der Waals surface area contributed by atoms with Gasteiger partial charge in [-0.1, -0.05) is 12.1 Å². The van der Waals surface area contributed by atoms with Gasteiger partial charge in [-0.15, -0.1) is 0 Å². The van der Waals surface area contributed by atoms with E-state index in [1.54, 1.807) is 14.8 Å². The van der Waals surface area contributed by atoms with Crippen LogP contribution in [0.15, 0.2) is 36.5 Å². The van der Waals surface area contributed by atoms with Crippen LogP contribution in [0.4, 0.5) is 5.69 Å². The smallest absolute Gasteiger partial charge is 0.282 e. The predicted molar refractivity (Wildman–Crippen MR) is 133 cm³/mol. The van der Waals surface area contributed by atoms with Crippen LogP contribution in [0.1, 0.15) is 32.6 Å². The maximum absolute atomic E-state index is 13.4. The van der Waals surface area contributed by atoms with Crippen molar-refractivity contribution in [2.75, 3.05) is 57.3 Å². The minimum atomic E-state index is -3.53. The maximum Gasteiger partial charge on any atom is 0.282 e. The average molecular weight is 500 g/mol. The van der Waals surface area contributed by atoms with Crippen LogP contribution in [0.2, 0.25) is 0 Å². The molecule has 35 heavy (non-hydrogen) atoms. The lowest BCUT2D eigenvalue weighted by Gasteiger charge is -2.49. The molecule has 4 aliphatic rings. The number of nitrogens with zero attached hydrogens (tertiary/aromatic N) is 5. The van der Waals surface area contributed by atoms with Crippen molar-refractivity contribution in [3.05, 3.63) is 36.5 Å². The molecule has 4 fully saturated rings. The van der Waals surface area contributed by atoms with Gasteiger partial charge in [-0.2, -0.15) is 17.0 Å². The summed E-state index contributed by atoms with van der Waals surface area (Å²) in [4.78, 5) is 21.1. The lowest BCUT2D eigenvalue weighted by Crippen LogP contribution is -2.62. The standard InChI is InChI=1S/C25H33N5O4S/c1-24(6-7-24)30-19-25(34-18-23(30)31)8-11-28(12-9-25)35(32,33)29-15-13-27(14-16-29)21-5-4-20-3-2-10-26-22(20)17-21/h2-5,10,17H,6-9,11-16,18-19H2,1H3. The molecule has 1 aliphatic carbocycles. The number of carbonyl (C=O) groups is 1. The van der Waals surface area contributed by atoms with Crippen molar-refractivity contribution >= 4 is 32.7 Å². The summed E-state index contributed by atoms with van der Waals surface area (Å²) in [5, 5.41) is 1.10. The number of anilines is 1. The van der Waals surface area contributed by atoms with Crippen LogP contribution in [0.25, 0.3) is 10.9 Å². The summed E-state index contributed by atoms with van der Waals surface area (Å²) < 4.78 is 36.1. The molecule has 0 N–H and O–H groups in total. The number of benzene rings is 1. The Balaban J connectivity index is 1.07. The van der Waals surface area contributed by atoms with Crippen LogP contribution in [-0.4, -0.2) is 96.4 Å². The number of fused-ring (bicyclic) bond motifs is 1. The number of hydrogen-bond acceptors (Lipinski definition) is 6. The Hall–Kier alpha value is -2.27. The third-order valence-corrected chi connectivity index (χ3v) is 10.4. The van der Waals surface area contributed by atoms with Crippen LogP contribution in [0, 0.1) is 0 Å². The first kappa shape index (κ1) is 23.1. The molecule has 188 valence electrons. The quantitative estimate of drug-likeness (QED) is 0.638. The fourth-order valence-corrected chi connectivity index (χ4v) is 7.27. The van der Waals surface area contributed by atoms with Gasteiger partial charge in [0.1, 0.15) is 6.61 Å². The fourth-order valence-electron chi connectivity index (χ4n) is 5.68. The second-order valence-corrected chi connectivity index (χ2v) is 12.6. The van der Waals surface area contributed by atoms with Crippen LogP contribution in [0.3, 0.4) is 0 Å². The number of amides is 1. The molecule has 10 heteroatoms. The normalized spacial score (nSPS) is 25.3. The summed E-state index contributed by atoms with van der Waals surface area (Å²) >= 11 is 0. The average Bonchev–Trinajstić information content (AvgIpc) is 3.64. The first-order chi connectivity index (χ1) is 16.8. The molecule has 4 heterocycles. The SMILES string of the molecule is CC1(N2CC3(CCN(S(=O)(=O)N4CCN(c5ccc6cccnc6c5)CC4)CC3)OCC2=O)CC1. The predicted octanol–water partition coefficient (Wildman–Crippen LogP) is 1.85. The van der Waals surface area contributed by atoms with Crippen LogP contribution in [0.5, 0.6) is 0 Å². The lowest BCUT2D eigenvalue weighted by molar-refractivity contribution is -0.175. The third kappa shape index (κ3) is 4.20. The molecule has 1 aromatic carbocycles. The monoisotopic (exact) mass is 499 g/mol. The number of ether oxygens (including phenoxy) is 1. The Labute approximate surface area is 206 Å². The van der Waals surface area contributed by atoms with Gasteiger partial charge in [0.2, 0.25) is 5.91 Å². The van der Waals surface area contributed by atoms with Crippen molar-refractivity contribution in [2.24, 2.45) is 0 Å². The van der Waals surface area contributed by atoms with Crippen LogP contribution in [-0.2, 0) is 19.7 Å². The number of carbonyl (C=O) groups excluding carboxylic acids is 1. The van der Waals surface area contributed by atoms with E-state index in [9.17, 15) is 13.2 Å². The second kappa shape index (κ2) is 8.40. The molecule has 0 radical (unpaired) electrons. The molecule has 0 atom stereocenters. The topological polar surface area (TPSA) is 86.3 Å². The Morgan fingerprint density at radius 3 is 2.37 bits per heavy atom. The van der Waals surface area contributed by atoms with Gasteiger partial charge in [0.15, 0.2) is 0 Å². The van der Waals surface area contributed by atoms with Crippen molar-refractivity contribution < 1.29 is 17.9 Å². The third-order valence-electron chi connectivity index (χ3n) is 8.35. The number of rotatable bonds is 4. The Morgan fingerprint density at radius 1 is 0.943 bits per heavy atom. The van der Waals surface area contributed by atoms with E-state index in [-0.39, 0.29) is 18.1 Å².